The lowest BCUT2D eigenvalue weighted by Crippen LogP contribution is -2.42. The molecule has 0 aromatic heterocycles. The number of hydrogen-bond acceptors (Lipinski definition) is 4. The van der Waals surface area contributed by atoms with Crippen LogP contribution in [-0.2, 0) is 4.79 Å². The maximum atomic E-state index is 11.6. The summed E-state index contributed by atoms with van der Waals surface area (Å²) in [5.41, 5.74) is 0.768. The summed E-state index contributed by atoms with van der Waals surface area (Å²) in [5.74, 6) is 1.71. The topological polar surface area (TPSA) is 95.0 Å². The minimum absolute atomic E-state index is 0.0837. The Morgan fingerprint density at radius 1 is 1.26 bits per heavy atom. The zero-order valence-electron chi connectivity index (χ0n) is 16.5. The van der Waals surface area contributed by atoms with Gasteiger partial charge in [-0.15, -0.1) is 0 Å². The van der Waals surface area contributed by atoms with Crippen molar-refractivity contribution in [3.8, 4) is 5.75 Å². The quantitative estimate of drug-likeness (QED) is 0.283. The van der Waals surface area contributed by atoms with Gasteiger partial charge in [-0.25, -0.2) is 0 Å². The monoisotopic (exact) mass is 376 g/mol. The van der Waals surface area contributed by atoms with E-state index < -0.39 is 6.10 Å². The average Bonchev–Trinajstić information content (AvgIpc) is 3.47. The molecule has 0 aliphatic heterocycles. The Hall–Kier alpha value is -2.28. The maximum Gasteiger partial charge on any atom is 0.223 e. The molecule has 0 spiro atoms. The van der Waals surface area contributed by atoms with Crippen LogP contribution in [0.2, 0.25) is 0 Å². The molecule has 7 heteroatoms. The van der Waals surface area contributed by atoms with E-state index in [0.717, 1.165) is 24.2 Å². The number of aliphatic hydroxyl groups excluding tert-OH is 1. The van der Waals surface area contributed by atoms with Crippen LogP contribution in [0.15, 0.2) is 29.3 Å². The standard InChI is InChI=1S/C20H32N4O3/c1-4-21-20(23-11-10-22-19(26)15-8-9-15)24-13-18(25)16-6-5-7-17(12-16)27-14(2)3/h5-7,12,14-15,18,25H,4,8-11,13H2,1-3H3,(H,22,26)(H2,21,23,24). The van der Waals surface area contributed by atoms with Gasteiger partial charge in [-0.3, -0.25) is 9.79 Å². The normalized spacial score (nSPS) is 15.4. The van der Waals surface area contributed by atoms with Gasteiger partial charge in [0.1, 0.15) is 5.75 Å². The molecule has 150 valence electrons. The third kappa shape index (κ3) is 7.86. The highest BCUT2D eigenvalue weighted by Crippen LogP contribution is 2.28. The third-order valence-corrected chi connectivity index (χ3v) is 4.05. The Morgan fingerprint density at radius 3 is 2.67 bits per heavy atom. The Morgan fingerprint density at radius 2 is 2.00 bits per heavy atom. The fourth-order valence-corrected chi connectivity index (χ4v) is 2.55. The summed E-state index contributed by atoms with van der Waals surface area (Å²) < 4.78 is 5.67. The lowest BCUT2D eigenvalue weighted by atomic mass is 10.1. The van der Waals surface area contributed by atoms with E-state index in [9.17, 15) is 9.90 Å². The molecule has 0 saturated heterocycles. The van der Waals surface area contributed by atoms with Crippen molar-refractivity contribution >= 4 is 11.9 Å². The van der Waals surface area contributed by atoms with Gasteiger partial charge >= 0.3 is 0 Å². The average molecular weight is 377 g/mol. The van der Waals surface area contributed by atoms with Crippen molar-refractivity contribution in [3.63, 3.8) is 0 Å². The highest BCUT2D eigenvalue weighted by Gasteiger charge is 2.28. The number of carbonyl (C=O) groups excluding carboxylic acids is 1. The number of nitrogens with one attached hydrogen (secondary N) is 3. The Labute approximate surface area is 161 Å². The molecule has 1 saturated carbocycles. The van der Waals surface area contributed by atoms with E-state index in [1.165, 1.54) is 0 Å². The molecule has 1 unspecified atom stereocenters. The smallest absolute Gasteiger partial charge is 0.223 e. The number of benzene rings is 1. The van der Waals surface area contributed by atoms with E-state index in [0.29, 0.717) is 25.6 Å². The molecule has 1 amide bonds. The van der Waals surface area contributed by atoms with E-state index in [-0.39, 0.29) is 24.5 Å². The van der Waals surface area contributed by atoms with Crippen LogP contribution in [0.4, 0.5) is 0 Å². The zero-order chi connectivity index (χ0) is 19.6. The summed E-state index contributed by atoms with van der Waals surface area (Å²) in [7, 11) is 0. The van der Waals surface area contributed by atoms with Gasteiger partial charge < -0.3 is 25.8 Å². The van der Waals surface area contributed by atoms with Gasteiger partial charge in [0.15, 0.2) is 5.96 Å². The van der Waals surface area contributed by atoms with Crippen molar-refractivity contribution in [1.29, 1.82) is 0 Å². The van der Waals surface area contributed by atoms with E-state index in [1.807, 2.05) is 45.0 Å². The van der Waals surface area contributed by atoms with Crippen molar-refractivity contribution in [2.75, 3.05) is 26.2 Å². The predicted molar refractivity (Wildman–Crippen MR) is 107 cm³/mol. The largest absolute Gasteiger partial charge is 0.491 e. The molecule has 27 heavy (non-hydrogen) atoms. The first-order valence-electron chi connectivity index (χ1n) is 9.74. The van der Waals surface area contributed by atoms with Gasteiger partial charge in [-0.2, -0.15) is 0 Å². The zero-order valence-corrected chi connectivity index (χ0v) is 16.5. The summed E-state index contributed by atoms with van der Waals surface area (Å²) in [4.78, 5) is 16.0. The highest BCUT2D eigenvalue weighted by molar-refractivity contribution is 5.81. The molecule has 1 atom stereocenters. The summed E-state index contributed by atoms with van der Waals surface area (Å²) in [6, 6.07) is 7.45. The van der Waals surface area contributed by atoms with Crippen LogP contribution in [0.25, 0.3) is 0 Å². The number of rotatable bonds is 10. The molecule has 1 aliphatic rings. The van der Waals surface area contributed by atoms with Gasteiger partial charge in [-0.05, 0) is 51.3 Å². The second-order valence-corrected chi connectivity index (χ2v) is 6.97. The Kier molecular flexibility index (Phi) is 8.39. The summed E-state index contributed by atoms with van der Waals surface area (Å²) in [5, 5.41) is 19.6. The molecule has 0 bridgehead atoms. The summed E-state index contributed by atoms with van der Waals surface area (Å²) >= 11 is 0. The van der Waals surface area contributed by atoms with Gasteiger partial charge in [0.25, 0.3) is 0 Å². The second kappa shape index (κ2) is 10.8. The van der Waals surface area contributed by atoms with Crippen LogP contribution >= 0.6 is 0 Å². The van der Waals surface area contributed by atoms with Crippen LogP contribution in [0.3, 0.4) is 0 Å². The second-order valence-electron chi connectivity index (χ2n) is 6.97. The number of hydrogen-bond donors (Lipinski definition) is 4. The van der Waals surface area contributed by atoms with Gasteiger partial charge in [0.05, 0.1) is 18.8 Å². The molecule has 1 aliphatic carbocycles. The van der Waals surface area contributed by atoms with E-state index in [2.05, 4.69) is 20.9 Å². The van der Waals surface area contributed by atoms with Crippen LogP contribution in [-0.4, -0.2) is 49.3 Å². The number of amides is 1. The third-order valence-electron chi connectivity index (χ3n) is 4.05. The van der Waals surface area contributed by atoms with Crippen molar-refractivity contribution in [1.82, 2.24) is 16.0 Å². The molecule has 7 nitrogen and oxygen atoms in total. The van der Waals surface area contributed by atoms with Crippen molar-refractivity contribution in [2.45, 2.75) is 45.8 Å². The first-order chi connectivity index (χ1) is 13.0. The minimum atomic E-state index is -0.717. The molecular weight excluding hydrogens is 344 g/mol. The van der Waals surface area contributed by atoms with Crippen LogP contribution in [0, 0.1) is 5.92 Å². The molecule has 0 radical (unpaired) electrons. The summed E-state index contributed by atoms with van der Waals surface area (Å²) in [6.45, 7) is 8.00. The lowest BCUT2D eigenvalue weighted by molar-refractivity contribution is -0.122. The number of aliphatic hydroxyl groups is 1. The van der Waals surface area contributed by atoms with Gasteiger partial charge in [0, 0.05) is 25.6 Å². The lowest BCUT2D eigenvalue weighted by Gasteiger charge is -2.15. The fourth-order valence-electron chi connectivity index (χ4n) is 2.55. The van der Waals surface area contributed by atoms with Crippen LogP contribution in [0.1, 0.15) is 45.3 Å². The van der Waals surface area contributed by atoms with E-state index in [4.69, 9.17) is 4.74 Å². The van der Waals surface area contributed by atoms with Gasteiger partial charge in [-0.1, -0.05) is 12.1 Å². The van der Waals surface area contributed by atoms with E-state index >= 15 is 0 Å². The molecule has 4 N–H and O–H groups in total. The van der Waals surface area contributed by atoms with Crippen LogP contribution < -0.4 is 20.7 Å². The van der Waals surface area contributed by atoms with E-state index in [1.54, 1.807) is 0 Å². The molecule has 0 heterocycles. The Bertz CT molecular complexity index is 629. The van der Waals surface area contributed by atoms with Crippen molar-refractivity contribution < 1.29 is 14.6 Å². The minimum Gasteiger partial charge on any atom is -0.491 e. The molecule has 2 rings (SSSR count). The summed E-state index contributed by atoms with van der Waals surface area (Å²) in [6.07, 6.45) is 1.38. The molecule has 1 aromatic carbocycles. The highest BCUT2D eigenvalue weighted by atomic mass is 16.5. The number of aliphatic imine (C=N–C) groups is 1. The molecule has 1 aromatic rings. The van der Waals surface area contributed by atoms with Crippen molar-refractivity contribution in [2.24, 2.45) is 10.9 Å². The predicted octanol–water partition coefficient (Wildman–Crippen LogP) is 1.59. The number of guanidine groups is 1. The fraction of sp³-hybridized carbons (Fsp3) is 0.600. The van der Waals surface area contributed by atoms with Crippen molar-refractivity contribution in [3.05, 3.63) is 29.8 Å². The molecular formula is C20H32N4O3. The number of nitrogens with zero attached hydrogens (tertiary/aromatic N) is 1. The Balaban J connectivity index is 1.82. The number of ether oxygens (including phenoxy) is 1. The maximum absolute atomic E-state index is 11.6. The molecule has 1 fully saturated rings. The first kappa shape index (κ1) is 21.0. The first-order valence-corrected chi connectivity index (χ1v) is 9.74. The van der Waals surface area contributed by atoms with Crippen LogP contribution in [0.5, 0.6) is 5.75 Å². The van der Waals surface area contributed by atoms with Gasteiger partial charge in [0.2, 0.25) is 5.91 Å². The number of carbonyl (C=O) groups is 1. The SMILES string of the molecule is CCNC(=NCC(O)c1cccc(OC(C)C)c1)NCCNC(=O)C1CC1.